The average Bonchev–Trinajstić information content (AvgIpc) is 3.68. The van der Waals surface area contributed by atoms with Gasteiger partial charge in [0.05, 0.1) is 36.0 Å². The van der Waals surface area contributed by atoms with Crippen LogP contribution in [0.2, 0.25) is 0 Å². The molecule has 0 aromatic carbocycles. The largest absolute Gasteiger partial charge is 0.457 e. The van der Waals surface area contributed by atoms with Gasteiger partial charge in [-0.3, -0.25) is 9.20 Å². The molecule has 40 heavy (non-hydrogen) atoms. The summed E-state index contributed by atoms with van der Waals surface area (Å²) in [4.78, 5) is 48.2. The molecule has 212 valence electrons. The lowest BCUT2D eigenvalue weighted by Gasteiger charge is -2.46. The summed E-state index contributed by atoms with van der Waals surface area (Å²) in [7, 11) is 0. The second kappa shape index (κ2) is 11.6. The average molecular weight is 585 g/mol. The Hall–Kier alpha value is -3.35. The number of aliphatic hydroxyl groups is 1. The van der Waals surface area contributed by atoms with Gasteiger partial charge in [0.25, 0.3) is 0 Å². The zero-order valence-electron chi connectivity index (χ0n) is 22.3. The number of nitrogens with zero attached hydrogens (tertiary/aromatic N) is 4. The second-order valence-corrected chi connectivity index (χ2v) is 12.3. The Bertz CT molecular complexity index is 1390. The number of aromatic nitrogens is 2. The number of rotatable bonds is 10. The van der Waals surface area contributed by atoms with Gasteiger partial charge in [0, 0.05) is 28.0 Å². The normalized spacial score (nSPS) is 26.8. The van der Waals surface area contributed by atoms with E-state index < -0.39 is 24.1 Å². The number of ether oxygens (including phenoxy) is 2. The van der Waals surface area contributed by atoms with E-state index in [0.29, 0.717) is 13.0 Å². The number of β-lactam (4-membered cyclic amide) rings is 1. The van der Waals surface area contributed by atoms with Gasteiger partial charge >= 0.3 is 12.1 Å². The summed E-state index contributed by atoms with van der Waals surface area (Å²) in [5.74, 6) is -1.63. The summed E-state index contributed by atoms with van der Waals surface area (Å²) >= 11 is 3.08. The molecule has 3 aliphatic heterocycles. The monoisotopic (exact) mass is 584 g/mol. The summed E-state index contributed by atoms with van der Waals surface area (Å²) in [6, 6.07) is -0.561. The Kier molecular flexibility index (Phi) is 8.20. The number of carbonyl (C=O) groups excluding carboxylic acids is 3. The number of hydrogen-bond acceptors (Lipinski definition) is 9. The van der Waals surface area contributed by atoms with E-state index in [9.17, 15) is 19.5 Å². The van der Waals surface area contributed by atoms with E-state index in [1.165, 1.54) is 28.8 Å². The molecule has 2 amide bonds. The lowest BCUT2D eigenvalue weighted by atomic mass is 9.79. The van der Waals surface area contributed by atoms with Gasteiger partial charge in [0.1, 0.15) is 30.1 Å². The van der Waals surface area contributed by atoms with Crippen LogP contribution in [0.5, 0.6) is 0 Å². The minimum atomic E-state index is -0.832. The number of thiazole rings is 1. The standard InChI is InChI=1S/C28H32N4O6S2/c1-5-9-37-27(35)24-25(16(3)23-22(17(4)33)26(34)32(23)24)40-20-11-18(30(13-20)28(36)38-10-6-2)7-8-19-14-39-21-12-29-15-31(19)21/h5-8,12,14-18,20,22-23,33H,1-2,9-11,13H2,3-4H3/b8-7-/t16-,17-,18-,20+,22-,23-/m1/s1. The molecule has 3 aliphatic rings. The molecule has 10 nitrogen and oxygen atoms in total. The Balaban J connectivity index is 1.41. The minimum Gasteiger partial charge on any atom is -0.457 e. The van der Waals surface area contributed by atoms with Crippen molar-refractivity contribution in [2.24, 2.45) is 11.8 Å². The summed E-state index contributed by atoms with van der Waals surface area (Å²) in [5, 5.41) is 12.2. The van der Waals surface area contributed by atoms with Gasteiger partial charge in [0.15, 0.2) is 0 Å². The first-order valence-electron chi connectivity index (χ1n) is 13.1. The van der Waals surface area contributed by atoms with Crippen molar-refractivity contribution >= 4 is 52.0 Å². The van der Waals surface area contributed by atoms with Crippen molar-refractivity contribution in [1.29, 1.82) is 0 Å². The number of carbonyl (C=O) groups is 3. The molecule has 5 rings (SSSR count). The van der Waals surface area contributed by atoms with Crippen LogP contribution in [0.15, 0.2) is 59.9 Å². The molecule has 12 heteroatoms. The fraction of sp³-hybridized carbons (Fsp3) is 0.429. The van der Waals surface area contributed by atoms with Crippen LogP contribution in [-0.2, 0) is 19.1 Å². The quantitative estimate of drug-likeness (QED) is 0.256. The highest BCUT2D eigenvalue weighted by Crippen LogP contribution is 2.52. The molecule has 0 saturated carbocycles. The molecule has 2 fully saturated rings. The van der Waals surface area contributed by atoms with Gasteiger partial charge in [0.2, 0.25) is 5.91 Å². The van der Waals surface area contributed by atoms with E-state index in [-0.39, 0.29) is 48.1 Å². The highest BCUT2D eigenvalue weighted by Gasteiger charge is 2.60. The third-order valence-electron chi connectivity index (χ3n) is 7.46. The Labute approximate surface area is 240 Å². The first-order valence-corrected chi connectivity index (χ1v) is 14.8. The summed E-state index contributed by atoms with van der Waals surface area (Å²) < 4.78 is 12.7. The van der Waals surface area contributed by atoms with Gasteiger partial charge in [-0.25, -0.2) is 14.6 Å². The van der Waals surface area contributed by atoms with Crippen LogP contribution in [0.25, 0.3) is 10.9 Å². The molecule has 0 bridgehead atoms. The van der Waals surface area contributed by atoms with Crippen LogP contribution >= 0.6 is 23.1 Å². The molecule has 5 heterocycles. The molecule has 0 spiro atoms. The summed E-state index contributed by atoms with van der Waals surface area (Å²) in [6.07, 6.45) is 9.86. The van der Waals surface area contributed by atoms with Gasteiger partial charge in [-0.15, -0.1) is 23.1 Å². The van der Waals surface area contributed by atoms with E-state index in [1.807, 2.05) is 28.9 Å². The molecule has 0 radical (unpaired) electrons. The molecular weight excluding hydrogens is 552 g/mol. The summed E-state index contributed by atoms with van der Waals surface area (Å²) in [6.45, 7) is 11.3. The minimum absolute atomic E-state index is 0.0210. The van der Waals surface area contributed by atoms with Crippen LogP contribution in [0.1, 0.15) is 26.0 Å². The van der Waals surface area contributed by atoms with Crippen LogP contribution < -0.4 is 0 Å². The summed E-state index contributed by atoms with van der Waals surface area (Å²) in [5.41, 5.74) is 1.19. The van der Waals surface area contributed by atoms with Gasteiger partial charge in [-0.1, -0.05) is 38.3 Å². The van der Waals surface area contributed by atoms with E-state index in [0.717, 1.165) is 15.4 Å². The number of thioether (sulfide) groups is 1. The second-order valence-electron chi connectivity index (χ2n) is 10.0. The van der Waals surface area contributed by atoms with Crippen molar-refractivity contribution in [2.45, 2.75) is 43.7 Å². The number of amides is 2. The first-order chi connectivity index (χ1) is 19.3. The fourth-order valence-electron chi connectivity index (χ4n) is 5.64. The molecule has 0 aliphatic carbocycles. The van der Waals surface area contributed by atoms with E-state index >= 15 is 0 Å². The van der Waals surface area contributed by atoms with Crippen molar-refractivity contribution in [3.8, 4) is 0 Å². The van der Waals surface area contributed by atoms with E-state index in [1.54, 1.807) is 35.7 Å². The molecule has 2 saturated heterocycles. The van der Waals surface area contributed by atoms with Crippen LogP contribution in [0, 0.1) is 11.8 Å². The number of hydrogen-bond donors (Lipinski definition) is 1. The first kappa shape index (κ1) is 28.2. The lowest BCUT2D eigenvalue weighted by Crippen LogP contribution is -2.63. The Morgan fingerprint density at radius 2 is 2.05 bits per heavy atom. The maximum absolute atomic E-state index is 13.1. The molecule has 2 aromatic rings. The third kappa shape index (κ3) is 4.99. The van der Waals surface area contributed by atoms with Crippen molar-refractivity contribution in [2.75, 3.05) is 19.8 Å². The van der Waals surface area contributed by atoms with Crippen LogP contribution in [0.4, 0.5) is 4.79 Å². The highest BCUT2D eigenvalue weighted by atomic mass is 32.2. The predicted molar refractivity (Wildman–Crippen MR) is 153 cm³/mol. The zero-order valence-corrected chi connectivity index (χ0v) is 24.0. The van der Waals surface area contributed by atoms with Crippen LogP contribution in [-0.4, -0.2) is 85.5 Å². The molecule has 6 atom stereocenters. The predicted octanol–water partition coefficient (Wildman–Crippen LogP) is 3.71. The smallest absolute Gasteiger partial charge is 0.410 e. The third-order valence-corrected chi connectivity index (χ3v) is 9.86. The fourth-order valence-corrected chi connectivity index (χ4v) is 8.00. The van der Waals surface area contributed by atoms with Gasteiger partial charge in [-0.05, 0) is 19.4 Å². The Morgan fingerprint density at radius 3 is 2.77 bits per heavy atom. The van der Waals surface area contributed by atoms with Gasteiger partial charge in [-0.2, -0.15) is 0 Å². The molecule has 0 unspecified atom stereocenters. The maximum atomic E-state index is 13.1. The lowest BCUT2D eigenvalue weighted by molar-refractivity contribution is -0.164. The zero-order chi connectivity index (χ0) is 28.6. The Morgan fingerprint density at radius 1 is 1.30 bits per heavy atom. The number of imidazole rings is 1. The number of aliphatic hydroxyl groups excluding tert-OH is 1. The SMILES string of the molecule is C=CCOC(=O)C1=C(S[C@H]2C[C@@H](/C=C\c3csc4cncn34)N(C(=O)OCC=C)C2)[C@H](C)[C@@H]2[C@@H]([C@@H](C)O)C(=O)N12. The topological polar surface area (TPSA) is 114 Å². The van der Waals surface area contributed by atoms with Crippen molar-refractivity contribution in [3.05, 3.63) is 65.6 Å². The van der Waals surface area contributed by atoms with Crippen molar-refractivity contribution in [3.63, 3.8) is 0 Å². The van der Waals surface area contributed by atoms with Crippen molar-refractivity contribution in [1.82, 2.24) is 19.2 Å². The number of likely N-dealkylation sites (tertiary alicyclic amines) is 1. The van der Waals surface area contributed by atoms with E-state index in [4.69, 9.17) is 9.47 Å². The van der Waals surface area contributed by atoms with Gasteiger partial charge < -0.3 is 24.4 Å². The van der Waals surface area contributed by atoms with Crippen LogP contribution in [0.3, 0.4) is 0 Å². The molecular formula is C28H32N4O6S2. The molecule has 2 aromatic heterocycles. The highest BCUT2D eigenvalue weighted by molar-refractivity contribution is 8.03. The number of esters is 1. The van der Waals surface area contributed by atoms with Crippen molar-refractivity contribution < 1.29 is 29.0 Å². The maximum Gasteiger partial charge on any atom is 0.410 e. The number of fused-ring (bicyclic) bond motifs is 2. The van der Waals surface area contributed by atoms with E-state index in [2.05, 4.69) is 18.1 Å². The molecule has 1 N–H and O–H groups in total.